The Labute approximate surface area is 142 Å². The molecule has 0 saturated carbocycles. The van der Waals surface area contributed by atoms with Gasteiger partial charge in [-0.3, -0.25) is 9.59 Å². The molecule has 5 nitrogen and oxygen atoms in total. The molecule has 1 atom stereocenters. The van der Waals surface area contributed by atoms with E-state index in [1.807, 2.05) is 0 Å². The molecule has 0 aromatic heterocycles. The van der Waals surface area contributed by atoms with Gasteiger partial charge in [-0.25, -0.2) is 8.78 Å². The van der Waals surface area contributed by atoms with Gasteiger partial charge in [0.05, 0.1) is 11.5 Å². The van der Waals surface area contributed by atoms with Crippen molar-refractivity contribution in [3.63, 3.8) is 0 Å². The number of carboxylic acid groups (broad SMARTS) is 1. The highest BCUT2D eigenvalue weighted by molar-refractivity contribution is 5.99. The Balaban J connectivity index is 1.67. The quantitative estimate of drug-likeness (QED) is 0.903. The van der Waals surface area contributed by atoms with Crippen LogP contribution in [-0.2, 0) is 16.2 Å². The van der Waals surface area contributed by atoms with Crippen molar-refractivity contribution < 1.29 is 28.2 Å². The van der Waals surface area contributed by atoms with Gasteiger partial charge < -0.3 is 14.7 Å². The maximum absolute atomic E-state index is 13.6. The second kappa shape index (κ2) is 6.88. The molecule has 0 aliphatic carbocycles. The zero-order valence-corrected chi connectivity index (χ0v) is 13.1. The van der Waals surface area contributed by atoms with Gasteiger partial charge in [-0.2, -0.15) is 0 Å². The highest BCUT2D eigenvalue weighted by Crippen LogP contribution is 2.27. The largest absolute Gasteiger partial charge is 0.489 e. The number of amides is 1. The summed E-state index contributed by atoms with van der Waals surface area (Å²) in [7, 11) is 0. The van der Waals surface area contributed by atoms with Crippen molar-refractivity contribution in [1.82, 2.24) is 0 Å². The first kappa shape index (κ1) is 16.9. The van der Waals surface area contributed by atoms with Gasteiger partial charge in [-0.05, 0) is 36.4 Å². The second-order valence-corrected chi connectivity index (χ2v) is 5.73. The molecule has 1 saturated heterocycles. The number of hydrogen-bond donors (Lipinski definition) is 1. The molecular weight excluding hydrogens is 332 g/mol. The van der Waals surface area contributed by atoms with E-state index in [4.69, 9.17) is 9.84 Å². The first-order chi connectivity index (χ1) is 12.0. The highest BCUT2D eigenvalue weighted by Gasteiger charge is 2.34. The van der Waals surface area contributed by atoms with Gasteiger partial charge in [-0.1, -0.05) is 6.07 Å². The molecule has 3 rings (SSSR count). The van der Waals surface area contributed by atoms with E-state index in [1.165, 1.54) is 11.0 Å². The average molecular weight is 347 g/mol. The van der Waals surface area contributed by atoms with Crippen LogP contribution < -0.4 is 9.64 Å². The van der Waals surface area contributed by atoms with Crippen molar-refractivity contribution in [3.05, 3.63) is 59.7 Å². The Bertz CT molecular complexity index is 787. The Morgan fingerprint density at radius 2 is 1.80 bits per heavy atom. The summed E-state index contributed by atoms with van der Waals surface area (Å²) in [6.45, 7) is -0.142. The lowest BCUT2D eigenvalue weighted by atomic mass is 10.1. The van der Waals surface area contributed by atoms with Crippen molar-refractivity contribution in [2.45, 2.75) is 13.0 Å². The summed E-state index contributed by atoms with van der Waals surface area (Å²) in [4.78, 5) is 24.3. The maximum Gasteiger partial charge on any atom is 0.308 e. The third-order valence-corrected chi connectivity index (χ3v) is 4.07. The molecule has 7 heteroatoms. The predicted molar refractivity (Wildman–Crippen MR) is 85.2 cm³/mol. The fourth-order valence-corrected chi connectivity index (χ4v) is 2.67. The van der Waals surface area contributed by atoms with Crippen LogP contribution >= 0.6 is 0 Å². The van der Waals surface area contributed by atoms with E-state index in [-0.39, 0.29) is 31.0 Å². The third kappa shape index (κ3) is 3.60. The molecule has 1 unspecified atom stereocenters. The minimum Gasteiger partial charge on any atom is -0.489 e. The monoisotopic (exact) mass is 347 g/mol. The van der Waals surface area contributed by atoms with Gasteiger partial charge in [0.2, 0.25) is 5.91 Å². The van der Waals surface area contributed by atoms with Crippen LogP contribution in [0.3, 0.4) is 0 Å². The van der Waals surface area contributed by atoms with Crippen molar-refractivity contribution in [3.8, 4) is 5.75 Å². The summed E-state index contributed by atoms with van der Waals surface area (Å²) >= 11 is 0. The van der Waals surface area contributed by atoms with Crippen molar-refractivity contribution in [2.75, 3.05) is 11.4 Å². The normalized spacial score (nSPS) is 17.0. The second-order valence-electron chi connectivity index (χ2n) is 5.73. The number of benzene rings is 2. The summed E-state index contributed by atoms with van der Waals surface area (Å²) < 4.78 is 32.5. The van der Waals surface area contributed by atoms with Gasteiger partial charge in [0.1, 0.15) is 24.0 Å². The van der Waals surface area contributed by atoms with E-state index in [0.717, 1.165) is 12.1 Å². The van der Waals surface area contributed by atoms with Gasteiger partial charge in [0.15, 0.2) is 0 Å². The third-order valence-electron chi connectivity index (χ3n) is 4.07. The SMILES string of the molecule is O=C(O)C1CC(=O)N(c2ccc(OCc3c(F)cccc3F)cc2)C1. The fraction of sp³-hybridized carbons (Fsp3) is 0.222. The van der Waals surface area contributed by atoms with E-state index in [0.29, 0.717) is 11.4 Å². The van der Waals surface area contributed by atoms with Gasteiger partial charge in [-0.15, -0.1) is 0 Å². The predicted octanol–water partition coefficient (Wildman–Crippen LogP) is 2.98. The van der Waals surface area contributed by atoms with Crippen molar-refractivity contribution in [2.24, 2.45) is 5.92 Å². The zero-order chi connectivity index (χ0) is 18.0. The summed E-state index contributed by atoms with van der Waals surface area (Å²) in [5.74, 6) is -2.95. The zero-order valence-electron chi connectivity index (χ0n) is 13.1. The number of hydrogen-bond acceptors (Lipinski definition) is 3. The molecule has 0 spiro atoms. The van der Waals surface area contributed by atoms with Gasteiger partial charge >= 0.3 is 5.97 Å². The maximum atomic E-state index is 13.6. The number of carbonyl (C=O) groups excluding carboxylic acids is 1. The molecule has 1 fully saturated rings. The van der Waals surface area contributed by atoms with Crippen LogP contribution in [0, 0.1) is 17.6 Å². The van der Waals surface area contributed by atoms with Crippen LogP contribution in [0.5, 0.6) is 5.75 Å². The molecular formula is C18H15F2NO4. The molecule has 25 heavy (non-hydrogen) atoms. The van der Waals surface area contributed by atoms with Crippen LogP contribution in [0.1, 0.15) is 12.0 Å². The number of nitrogens with zero attached hydrogens (tertiary/aromatic N) is 1. The smallest absolute Gasteiger partial charge is 0.308 e. The summed E-state index contributed by atoms with van der Waals surface area (Å²) in [6, 6.07) is 9.93. The lowest BCUT2D eigenvalue weighted by molar-refractivity contribution is -0.141. The standard InChI is InChI=1S/C18H15F2NO4/c19-15-2-1-3-16(20)14(15)10-25-13-6-4-12(5-7-13)21-9-11(18(23)24)8-17(21)22/h1-7,11H,8-10H2,(H,23,24). The molecule has 1 heterocycles. The van der Waals surface area contributed by atoms with Crippen LogP contribution in [-0.4, -0.2) is 23.5 Å². The summed E-state index contributed by atoms with van der Waals surface area (Å²) in [5, 5.41) is 9.00. The van der Waals surface area contributed by atoms with Crippen LogP contribution in [0.15, 0.2) is 42.5 Å². The summed E-state index contributed by atoms with van der Waals surface area (Å²) in [6.07, 6.45) is -0.0276. The molecule has 1 aliphatic heterocycles. The van der Waals surface area contributed by atoms with E-state index in [2.05, 4.69) is 0 Å². The number of carboxylic acids is 1. The first-order valence-corrected chi connectivity index (χ1v) is 7.64. The minimum absolute atomic E-state index is 0.0276. The molecule has 0 radical (unpaired) electrons. The Morgan fingerprint density at radius 3 is 2.36 bits per heavy atom. The number of halogens is 2. The Hall–Kier alpha value is -2.96. The number of rotatable bonds is 5. The lowest BCUT2D eigenvalue weighted by Crippen LogP contribution is -2.25. The molecule has 1 amide bonds. The average Bonchev–Trinajstić information content (AvgIpc) is 2.97. The van der Waals surface area contributed by atoms with Gasteiger partial charge in [0, 0.05) is 18.7 Å². The van der Waals surface area contributed by atoms with Crippen LogP contribution in [0.4, 0.5) is 14.5 Å². The number of ether oxygens (including phenoxy) is 1. The highest BCUT2D eigenvalue weighted by atomic mass is 19.1. The molecule has 1 N–H and O–H groups in total. The number of anilines is 1. The van der Waals surface area contributed by atoms with E-state index >= 15 is 0 Å². The molecule has 2 aromatic carbocycles. The van der Waals surface area contributed by atoms with E-state index < -0.39 is 23.5 Å². The van der Waals surface area contributed by atoms with Gasteiger partial charge in [0.25, 0.3) is 0 Å². The molecule has 1 aliphatic rings. The minimum atomic E-state index is -0.997. The van der Waals surface area contributed by atoms with Crippen LogP contribution in [0.25, 0.3) is 0 Å². The van der Waals surface area contributed by atoms with Crippen molar-refractivity contribution in [1.29, 1.82) is 0 Å². The molecule has 0 bridgehead atoms. The molecule has 2 aromatic rings. The Kier molecular flexibility index (Phi) is 4.65. The number of carbonyl (C=O) groups is 2. The van der Waals surface area contributed by atoms with E-state index in [1.54, 1.807) is 24.3 Å². The Morgan fingerprint density at radius 1 is 1.16 bits per heavy atom. The topological polar surface area (TPSA) is 66.8 Å². The lowest BCUT2D eigenvalue weighted by Gasteiger charge is -2.16. The fourth-order valence-electron chi connectivity index (χ4n) is 2.67. The number of aliphatic carboxylic acids is 1. The summed E-state index contributed by atoms with van der Waals surface area (Å²) in [5.41, 5.74) is 0.392. The first-order valence-electron chi connectivity index (χ1n) is 7.64. The van der Waals surface area contributed by atoms with Crippen LogP contribution in [0.2, 0.25) is 0 Å². The molecule has 130 valence electrons. The van der Waals surface area contributed by atoms with Crippen molar-refractivity contribution >= 4 is 17.6 Å². The van der Waals surface area contributed by atoms with E-state index in [9.17, 15) is 18.4 Å².